The monoisotopic (exact) mass is 366 g/mol. The molecule has 128 valence electrons. The van der Waals surface area contributed by atoms with E-state index in [1.54, 1.807) is 30.3 Å². The highest BCUT2D eigenvalue weighted by Gasteiger charge is 2.36. The summed E-state index contributed by atoms with van der Waals surface area (Å²) >= 11 is 5.91. The van der Waals surface area contributed by atoms with Crippen LogP contribution in [0.4, 0.5) is 5.69 Å². The predicted octanol–water partition coefficient (Wildman–Crippen LogP) is 3.50. The van der Waals surface area contributed by atoms with Gasteiger partial charge >= 0.3 is 0 Å². The van der Waals surface area contributed by atoms with Crippen molar-refractivity contribution in [3.63, 3.8) is 0 Å². The van der Waals surface area contributed by atoms with E-state index in [1.807, 2.05) is 13.8 Å². The molecule has 0 fully saturated rings. The Morgan fingerprint density at radius 2 is 2.00 bits per heavy atom. The van der Waals surface area contributed by atoms with E-state index in [0.717, 1.165) is 5.56 Å². The Labute approximate surface area is 146 Å². The highest BCUT2D eigenvalue weighted by atomic mass is 35.5. The van der Waals surface area contributed by atoms with Gasteiger partial charge in [-0.05, 0) is 50.2 Å². The van der Waals surface area contributed by atoms with Crippen molar-refractivity contribution in [1.29, 1.82) is 0 Å². The molecular weight excluding hydrogens is 348 g/mol. The normalized spacial score (nSPS) is 19.4. The first-order valence-corrected chi connectivity index (χ1v) is 9.39. The number of nitrogens with one attached hydrogen (secondary N) is 1. The molecule has 1 atom stereocenters. The number of halogens is 1. The first-order valence-electron chi connectivity index (χ1n) is 7.53. The maximum atomic E-state index is 12.7. The second-order valence-electron chi connectivity index (χ2n) is 6.49. The summed E-state index contributed by atoms with van der Waals surface area (Å²) in [7, 11) is -3.72. The Kier molecular flexibility index (Phi) is 4.23. The van der Waals surface area contributed by atoms with Crippen molar-refractivity contribution in [1.82, 2.24) is 4.72 Å². The maximum absolute atomic E-state index is 12.7. The molecule has 0 spiro atoms. The molecule has 1 unspecified atom stereocenters. The van der Waals surface area contributed by atoms with Crippen LogP contribution < -0.4 is 15.2 Å². The molecule has 0 radical (unpaired) electrons. The summed E-state index contributed by atoms with van der Waals surface area (Å²) in [6.07, 6.45) is 0.489. The van der Waals surface area contributed by atoms with Crippen LogP contribution in [0.3, 0.4) is 0 Å². The van der Waals surface area contributed by atoms with Gasteiger partial charge in [-0.3, -0.25) is 0 Å². The minimum Gasteiger partial charge on any atom is -0.487 e. The second-order valence-corrected chi connectivity index (χ2v) is 8.64. The quantitative estimate of drug-likeness (QED) is 0.814. The number of benzene rings is 2. The van der Waals surface area contributed by atoms with Gasteiger partial charge < -0.3 is 10.5 Å². The van der Waals surface area contributed by atoms with Crippen molar-refractivity contribution in [2.45, 2.75) is 36.8 Å². The van der Waals surface area contributed by atoms with Crippen LogP contribution in [0.2, 0.25) is 5.02 Å². The minimum atomic E-state index is -3.72. The van der Waals surface area contributed by atoms with Gasteiger partial charge in [-0.2, -0.15) is 0 Å². The summed E-state index contributed by atoms with van der Waals surface area (Å²) in [5.41, 5.74) is 6.66. The van der Waals surface area contributed by atoms with Crippen molar-refractivity contribution < 1.29 is 13.2 Å². The molecule has 5 nitrogen and oxygen atoms in total. The number of hydrogen-bond acceptors (Lipinski definition) is 4. The van der Waals surface area contributed by atoms with Crippen molar-refractivity contribution in [3.8, 4) is 5.75 Å². The minimum absolute atomic E-state index is 0.129. The van der Waals surface area contributed by atoms with Crippen molar-refractivity contribution >= 4 is 27.3 Å². The molecule has 7 heteroatoms. The third-order valence-corrected chi connectivity index (χ3v) is 5.60. The molecular formula is C17H19ClN2O3S. The van der Waals surface area contributed by atoms with Gasteiger partial charge in [-0.25, -0.2) is 13.1 Å². The predicted molar refractivity (Wildman–Crippen MR) is 94.7 cm³/mol. The zero-order valence-corrected chi connectivity index (χ0v) is 15.0. The van der Waals surface area contributed by atoms with Gasteiger partial charge in [0, 0.05) is 22.7 Å². The number of anilines is 1. The number of nitrogens with two attached hydrogens (primary N) is 1. The molecule has 0 saturated carbocycles. The van der Waals surface area contributed by atoms with E-state index in [-0.39, 0.29) is 4.90 Å². The Hall–Kier alpha value is -1.76. The Morgan fingerprint density at radius 1 is 1.25 bits per heavy atom. The SMILES string of the molecule is CC1(C)CC(NS(=O)(=O)c2cccc(Cl)c2)c2cc(N)ccc2O1. The van der Waals surface area contributed by atoms with E-state index in [2.05, 4.69) is 4.72 Å². The van der Waals surface area contributed by atoms with E-state index in [0.29, 0.717) is 22.9 Å². The lowest BCUT2D eigenvalue weighted by Crippen LogP contribution is -2.41. The van der Waals surface area contributed by atoms with Gasteiger partial charge in [0.25, 0.3) is 0 Å². The molecule has 0 aromatic heterocycles. The first-order chi connectivity index (χ1) is 11.2. The van der Waals surface area contributed by atoms with Gasteiger partial charge in [0.1, 0.15) is 11.4 Å². The third kappa shape index (κ3) is 3.50. The molecule has 0 bridgehead atoms. The fourth-order valence-corrected chi connectivity index (χ4v) is 4.38. The van der Waals surface area contributed by atoms with Crippen LogP contribution >= 0.6 is 11.6 Å². The van der Waals surface area contributed by atoms with E-state index < -0.39 is 21.7 Å². The van der Waals surface area contributed by atoms with Crippen molar-refractivity contribution in [2.75, 3.05) is 5.73 Å². The highest BCUT2D eigenvalue weighted by Crippen LogP contribution is 2.41. The fourth-order valence-electron chi connectivity index (χ4n) is 2.87. The molecule has 1 heterocycles. The van der Waals surface area contributed by atoms with E-state index in [4.69, 9.17) is 22.1 Å². The number of sulfonamides is 1. The van der Waals surface area contributed by atoms with E-state index in [1.165, 1.54) is 12.1 Å². The lowest BCUT2D eigenvalue weighted by Gasteiger charge is -2.37. The topological polar surface area (TPSA) is 81.4 Å². The lowest BCUT2D eigenvalue weighted by atomic mass is 9.90. The van der Waals surface area contributed by atoms with Gasteiger partial charge in [-0.1, -0.05) is 17.7 Å². The third-order valence-electron chi connectivity index (χ3n) is 3.90. The average molecular weight is 367 g/mol. The van der Waals surface area contributed by atoms with Crippen LogP contribution in [-0.2, 0) is 10.0 Å². The largest absolute Gasteiger partial charge is 0.487 e. The summed E-state index contributed by atoms with van der Waals surface area (Å²) in [5.74, 6) is 0.638. The standard InChI is InChI=1S/C17H19ClN2O3S/c1-17(2)10-15(14-9-12(19)6-7-16(14)23-17)20-24(21,22)13-5-3-4-11(18)8-13/h3-9,15,20H,10,19H2,1-2H3. The summed E-state index contributed by atoms with van der Waals surface area (Å²) in [5, 5.41) is 0.370. The van der Waals surface area contributed by atoms with Crippen molar-refractivity contribution in [2.24, 2.45) is 0 Å². The van der Waals surface area contributed by atoms with Crippen LogP contribution in [0.5, 0.6) is 5.75 Å². The molecule has 2 aromatic rings. The zero-order valence-electron chi connectivity index (χ0n) is 13.4. The molecule has 3 N–H and O–H groups in total. The Bertz CT molecular complexity index is 881. The molecule has 0 saturated heterocycles. The molecule has 0 amide bonds. The molecule has 1 aliphatic rings. The highest BCUT2D eigenvalue weighted by molar-refractivity contribution is 7.89. The number of nitrogen functional groups attached to an aromatic ring is 1. The first kappa shape index (κ1) is 17.1. The number of fused-ring (bicyclic) bond motifs is 1. The van der Waals surface area contributed by atoms with Gasteiger partial charge in [0.2, 0.25) is 10.0 Å². The number of ether oxygens (including phenoxy) is 1. The average Bonchev–Trinajstić information content (AvgIpc) is 2.47. The molecule has 2 aromatic carbocycles. The molecule has 0 aliphatic carbocycles. The number of rotatable bonds is 3. The second kappa shape index (κ2) is 5.95. The maximum Gasteiger partial charge on any atom is 0.241 e. The van der Waals surface area contributed by atoms with Gasteiger partial charge in [-0.15, -0.1) is 0 Å². The van der Waals surface area contributed by atoms with E-state index in [9.17, 15) is 8.42 Å². The lowest BCUT2D eigenvalue weighted by molar-refractivity contribution is 0.0702. The molecule has 1 aliphatic heterocycles. The van der Waals surface area contributed by atoms with E-state index >= 15 is 0 Å². The van der Waals surface area contributed by atoms with Crippen LogP contribution in [-0.4, -0.2) is 14.0 Å². The Balaban J connectivity index is 1.99. The summed E-state index contributed by atoms with van der Waals surface area (Å²) in [6, 6.07) is 11.0. The summed E-state index contributed by atoms with van der Waals surface area (Å²) in [4.78, 5) is 0.129. The zero-order chi connectivity index (χ0) is 17.5. The van der Waals surface area contributed by atoms with Gasteiger partial charge in [0.05, 0.1) is 10.9 Å². The van der Waals surface area contributed by atoms with Crippen LogP contribution in [0.25, 0.3) is 0 Å². The van der Waals surface area contributed by atoms with Crippen LogP contribution in [0.1, 0.15) is 31.9 Å². The van der Waals surface area contributed by atoms with Crippen LogP contribution in [0, 0.1) is 0 Å². The summed E-state index contributed by atoms with van der Waals surface area (Å²) < 4.78 is 34.1. The van der Waals surface area contributed by atoms with Crippen LogP contribution in [0.15, 0.2) is 47.4 Å². The fraction of sp³-hybridized carbons (Fsp3) is 0.294. The smallest absolute Gasteiger partial charge is 0.241 e. The number of hydrogen-bond donors (Lipinski definition) is 2. The van der Waals surface area contributed by atoms with Crippen molar-refractivity contribution in [3.05, 3.63) is 53.1 Å². The van der Waals surface area contributed by atoms with Gasteiger partial charge in [0.15, 0.2) is 0 Å². The molecule has 24 heavy (non-hydrogen) atoms. The Morgan fingerprint density at radius 3 is 2.71 bits per heavy atom. The molecule has 3 rings (SSSR count). The summed E-state index contributed by atoms with van der Waals surface area (Å²) in [6.45, 7) is 3.85.